The number of hydrogen-bond donors (Lipinski definition) is 1. The van der Waals surface area contributed by atoms with Gasteiger partial charge in [-0.1, -0.05) is 15.9 Å². The molecule has 0 aliphatic heterocycles. The Balaban J connectivity index is 1.83. The lowest BCUT2D eigenvalue weighted by Crippen LogP contribution is -2.23. The van der Waals surface area contributed by atoms with Crippen LogP contribution in [0, 0.1) is 5.82 Å². The van der Waals surface area contributed by atoms with Crippen LogP contribution in [0.2, 0.25) is 0 Å². The second kappa shape index (κ2) is 5.36. The fourth-order valence-electron chi connectivity index (χ4n) is 1.92. The highest BCUT2D eigenvalue weighted by molar-refractivity contribution is 9.10. The minimum Gasteiger partial charge on any atom is -0.381 e. The van der Waals surface area contributed by atoms with Crippen LogP contribution in [0.15, 0.2) is 39.7 Å². The van der Waals surface area contributed by atoms with Crippen LogP contribution in [-0.2, 0) is 6.54 Å². The molecule has 0 bridgehead atoms. The van der Waals surface area contributed by atoms with Crippen LogP contribution < -0.4 is 10.9 Å². The van der Waals surface area contributed by atoms with Crippen molar-refractivity contribution in [2.75, 3.05) is 5.32 Å². The Labute approximate surface area is 123 Å². The smallest absolute Gasteiger partial charge is 0.269 e. The van der Waals surface area contributed by atoms with Gasteiger partial charge < -0.3 is 5.32 Å². The van der Waals surface area contributed by atoms with Crippen LogP contribution in [0.5, 0.6) is 0 Å². The lowest BCUT2D eigenvalue weighted by molar-refractivity contribution is 0.609. The lowest BCUT2D eigenvalue weighted by atomic mass is 10.2. The van der Waals surface area contributed by atoms with E-state index in [0.717, 1.165) is 23.0 Å². The molecule has 0 atom stereocenters. The fraction of sp³-hybridized carbons (Fsp3) is 0.286. The van der Waals surface area contributed by atoms with Crippen LogP contribution in [0.4, 0.5) is 10.1 Å². The number of nitrogens with zero attached hydrogens (tertiary/aromatic N) is 2. The van der Waals surface area contributed by atoms with Crippen molar-refractivity contribution in [1.29, 1.82) is 0 Å². The van der Waals surface area contributed by atoms with Gasteiger partial charge >= 0.3 is 0 Å². The summed E-state index contributed by atoms with van der Waals surface area (Å²) in [6, 6.07) is 6.39. The summed E-state index contributed by atoms with van der Waals surface area (Å²) >= 11 is 3.35. The highest BCUT2D eigenvalue weighted by Crippen LogP contribution is 2.23. The molecule has 1 fully saturated rings. The number of anilines is 1. The standard InChI is InChI=1S/C14H13BrFN3O/c15-13-4-1-10(16)5-9(13)8-19-14(20)6-12(7-17-19)18-11-2-3-11/h1,4-7,11,18H,2-3,8H2. The largest absolute Gasteiger partial charge is 0.381 e. The van der Waals surface area contributed by atoms with Crippen molar-refractivity contribution >= 4 is 21.6 Å². The average Bonchev–Trinajstić information content (AvgIpc) is 3.21. The summed E-state index contributed by atoms with van der Waals surface area (Å²) in [5, 5.41) is 7.35. The van der Waals surface area contributed by atoms with Gasteiger partial charge in [0.25, 0.3) is 5.56 Å². The van der Waals surface area contributed by atoms with Crippen molar-refractivity contribution in [2.45, 2.75) is 25.4 Å². The van der Waals surface area contributed by atoms with Crippen LogP contribution >= 0.6 is 15.9 Å². The molecular weight excluding hydrogens is 325 g/mol. The van der Waals surface area contributed by atoms with Crippen LogP contribution in [-0.4, -0.2) is 15.8 Å². The van der Waals surface area contributed by atoms with Gasteiger partial charge in [0, 0.05) is 16.6 Å². The maximum absolute atomic E-state index is 13.2. The van der Waals surface area contributed by atoms with E-state index < -0.39 is 0 Å². The molecule has 0 amide bonds. The molecule has 1 saturated carbocycles. The van der Waals surface area contributed by atoms with Crippen molar-refractivity contribution in [3.05, 3.63) is 56.7 Å². The summed E-state index contributed by atoms with van der Waals surface area (Å²) in [6.07, 6.45) is 3.91. The molecule has 2 aromatic rings. The summed E-state index contributed by atoms with van der Waals surface area (Å²) in [4.78, 5) is 12.0. The highest BCUT2D eigenvalue weighted by Gasteiger charge is 2.21. The highest BCUT2D eigenvalue weighted by atomic mass is 79.9. The molecule has 1 N–H and O–H groups in total. The number of rotatable bonds is 4. The van der Waals surface area contributed by atoms with Gasteiger partial charge in [-0.25, -0.2) is 9.07 Å². The van der Waals surface area contributed by atoms with Crippen molar-refractivity contribution in [3.63, 3.8) is 0 Å². The van der Waals surface area contributed by atoms with E-state index in [9.17, 15) is 9.18 Å². The molecule has 0 radical (unpaired) electrons. The molecule has 4 nitrogen and oxygen atoms in total. The van der Waals surface area contributed by atoms with Crippen LogP contribution in [0.3, 0.4) is 0 Å². The molecular formula is C14H13BrFN3O. The predicted octanol–water partition coefficient (Wildman–Crippen LogP) is 2.77. The lowest BCUT2D eigenvalue weighted by Gasteiger charge is -2.08. The molecule has 0 spiro atoms. The Morgan fingerprint density at radius 1 is 1.40 bits per heavy atom. The second-order valence-corrected chi connectivity index (χ2v) is 5.75. The van der Waals surface area contributed by atoms with Crippen LogP contribution in [0.1, 0.15) is 18.4 Å². The molecule has 3 rings (SSSR count). The third-order valence-corrected chi connectivity index (χ3v) is 3.92. The molecule has 20 heavy (non-hydrogen) atoms. The molecule has 6 heteroatoms. The topological polar surface area (TPSA) is 46.9 Å². The zero-order chi connectivity index (χ0) is 14.1. The Kier molecular flexibility index (Phi) is 3.56. The van der Waals surface area contributed by atoms with Crippen molar-refractivity contribution < 1.29 is 4.39 Å². The van der Waals surface area contributed by atoms with E-state index in [4.69, 9.17) is 0 Å². The number of halogens is 2. The van der Waals surface area contributed by atoms with E-state index in [1.807, 2.05) is 0 Å². The first-order valence-electron chi connectivity index (χ1n) is 6.39. The molecule has 1 aliphatic carbocycles. The van der Waals surface area contributed by atoms with Crippen molar-refractivity contribution in [2.24, 2.45) is 0 Å². The van der Waals surface area contributed by atoms with Gasteiger partial charge in [0.15, 0.2) is 0 Å². The summed E-state index contributed by atoms with van der Waals surface area (Å²) in [5.74, 6) is -0.330. The summed E-state index contributed by atoms with van der Waals surface area (Å²) < 4.78 is 15.3. The van der Waals surface area contributed by atoms with E-state index in [1.54, 1.807) is 12.3 Å². The van der Waals surface area contributed by atoms with E-state index in [2.05, 4.69) is 26.3 Å². The van der Waals surface area contributed by atoms with Crippen molar-refractivity contribution in [3.8, 4) is 0 Å². The summed E-state index contributed by atoms with van der Waals surface area (Å²) in [7, 11) is 0. The maximum Gasteiger partial charge on any atom is 0.269 e. The predicted molar refractivity (Wildman–Crippen MR) is 78.3 cm³/mol. The maximum atomic E-state index is 13.2. The van der Waals surface area contributed by atoms with Gasteiger partial charge in [0.2, 0.25) is 0 Å². The monoisotopic (exact) mass is 337 g/mol. The summed E-state index contributed by atoms with van der Waals surface area (Å²) in [6.45, 7) is 0.237. The minimum atomic E-state index is -0.330. The molecule has 1 aromatic carbocycles. The van der Waals surface area contributed by atoms with Gasteiger partial charge in [-0.05, 0) is 36.6 Å². The molecule has 1 aliphatic rings. The molecule has 104 valence electrons. The number of nitrogens with one attached hydrogen (secondary N) is 1. The fourth-order valence-corrected chi connectivity index (χ4v) is 2.29. The first-order chi connectivity index (χ1) is 9.61. The number of aromatic nitrogens is 2. The zero-order valence-electron chi connectivity index (χ0n) is 10.6. The molecule has 1 heterocycles. The van der Waals surface area contributed by atoms with E-state index in [1.165, 1.54) is 22.9 Å². The third kappa shape index (κ3) is 3.07. The Morgan fingerprint density at radius 2 is 2.20 bits per heavy atom. The van der Waals surface area contributed by atoms with Crippen LogP contribution in [0.25, 0.3) is 0 Å². The molecule has 1 aromatic heterocycles. The average molecular weight is 338 g/mol. The Bertz CT molecular complexity index is 697. The molecule has 0 saturated heterocycles. The Morgan fingerprint density at radius 3 is 2.90 bits per heavy atom. The summed E-state index contributed by atoms with van der Waals surface area (Å²) in [5.41, 5.74) is 1.22. The number of hydrogen-bond acceptors (Lipinski definition) is 3. The first-order valence-corrected chi connectivity index (χ1v) is 7.19. The van der Waals surface area contributed by atoms with Gasteiger partial charge in [-0.15, -0.1) is 0 Å². The first kappa shape index (κ1) is 13.3. The normalized spacial score (nSPS) is 14.3. The van der Waals surface area contributed by atoms with Gasteiger partial charge in [-0.3, -0.25) is 4.79 Å². The third-order valence-electron chi connectivity index (χ3n) is 3.15. The van der Waals surface area contributed by atoms with Crippen molar-refractivity contribution in [1.82, 2.24) is 9.78 Å². The van der Waals surface area contributed by atoms with E-state index in [0.29, 0.717) is 11.6 Å². The minimum absolute atomic E-state index is 0.202. The van der Waals surface area contributed by atoms with Gasteiger partial charge in [-0.2, -0.15) is 5.10 Å². The SMILES string of the molecule is O=c1cc(NC2CC2)cnn1Cc1cc(F)ccc1Br. The van der Waals surface area contributed by atoms with E-state index >= 15 is 0 Å². The quantitative estimate of drug-likeness (QED) is 0.933. The Hall–Kier alpha value is -1.69. The zero-order valence-corrected chi connectivity index (χ0v) is 12.2. The van der Waals surface area contributed by atoms with Gasteiger partial charge in [0.1, 0.15) is 5.82 Å². The number of benzene rings is 1. The van der Waals surface area contributed by atoms with Gasteiger partial charge in [0.05, 0.1) is 18.4 Å². The molecule has 0 unspecified atom stereocenters. The van der Waals surface area contributed by atoms with E-state index in [-0.39, 0.29) is 17.9 Å². The second-order valence-electron chi connectivity index (χ2n) is 4.89.